The highest BCUT2D eigenvalue weighted by Gasteiger charge is 2.13. The minimum absolute atomic E-state index is 0.0296. The SMILES string of the molecule is CCOC(=O)CCNC(=O)c1cc(N)cc(S(C)(=O)=O)c1. The zero-order valence-electron chi connectivity index (χ0n) is 11.9. The lowest BCUT2D eigenvalue weighted by Gasteiger charge is -2.08. The van der Waals surface area contributed by atoms with Crippen molar-refractivity contribution < 1.29 is 22.7 Å². The van der Waals surface area contributed by atoms with Gasteiger partial charge >= 0.3 is 5.97 Å². The molecule has 0 unspecified atom stereocenters. The molecule has 1 aromatic carbocycles. The molecular weight excluding hydrogens is 296 g/mol. The Morgan fingerprint density at radius 2 is 1.95 bits per heavy atom. The van der Waals surface area contributed by atoms with E-state index in [1.54, 1.807) is 6.92 Å². The van der Waals surface area contributed by atoms with E-state index >= 15 is 0 Å². The number of anilines is 1. The summed E-state index contributed by atoms with van der Waals surface area (Å²) in [7, 11) is -3.46. The molecule has 0 saturated heterocycles. The first-order valence-corrected chi connectivity index (χ1v) is 8.17. The van der Waals surface area contributed by atoms with Crippen molar-refractivity contribution in [2.24, 2.45) is 0 Å². The number of nitrogens with two attached hydrogens (primary N) is 1. The van der Waals surface area contributed by atoms with E-state index < -0.39 is 21.7 Å². The summed E-state index contributed by atoms with van der Waals surface area (Å²) in [5.74, 6) is -0.918. The number of rotatable bonds is 6. The van der Waals surface area contributed by atoms with E-state index in [0.29, 0.717) is 0 Å². The summed E-state index contributed by atoms with van der Waals surface area (Å²) < 4.78 is 27.7. The summed E-state index contributed by atoms with van der Waals surface area (Å²) in [4.78, 5) is 23.0. The molecule has 0 bridgehead atoms. The van der Waals surface area contributed by atoms with Crippen molar-refractivity contribution in [1.29, 1.82) is 0 Å². The monoisotopic (exact) mass is 314 g/mol. The molecule has 1 amide bonds. The number of sulfone groups is 1. The molecule has 0 heterocycles. The Labute approximate surface area is 123 Å². The molecule has 0 aliphatic carbocycles. The van der Waals surface area contributed by atoms with Crippen molar-refractivity contribution in [2.45, 2.75) is 18.2 Å². The van der Waals surface area contributed by atoms with E-state index in [1.165, 1.54) is 18.2 Å². The summed E-state index contributed by atoms with van der Waals surface area (Å²) in [6.45, 7) is 2.07. The molecule has 7 nitrogen and oxygen atoms in total. The lowest BCUT2D eigenvalue weighted by atomic mass is 10.2. The predicted molar refractivity (Wildman–Crippen MR) is 77.5 cm³/mol. The number of nitrogens with one attached hydrogen (secondary N) is 1. The maximum atomic E-state index is 11.9. The van der Waals surface area contributed by atoms with Crippen LogP contribution in [-0.2, 0) is 19.4 Å². The van der Waals surface area contributed by atoms with E-state index in [-0.39, 0.29) is 35.7 Å². The summed E-state index contributed by atoms with van der Waals surface area (Å²) in [6, 6.07) is 3.89. The van der Waals surface area contributed by atoms with E-state index in [0.717, 1.165) is 6.26 Å². The standard InChI is InChI=1S/C13H18N2O5S/c1-3-20-12(16)4-5-15-13(17)9-6-10(14)8-11(7-9)21(2,18)19/h6-8H,3-5,14H2,1-2H3,(H,15,17). The van der Waals surface area contributed by atoms with E-state index in [2.05, 4.69) is 5.32 Å². The topological polar surface area (TPSA) is 116 Å². The second kappa shape index (κ2) is 7.07. The Morgan fingerprint density at radius 1 is 1.29 bits per heavy atom. The smallest absolute Gasteiger partial charge is 0.307 e. The van der Waals surface area contributed by atoms with Crippen LogP contribution in [0.15, 0.2) is 23.1 Å². The van der Waals surface area contributed by atoms with Crippen LogP contribution in [0.5, 0.6) is 0 Å². The molecule has 1 rings (SSSR count). The molecule has 1 aromatic rings. The number of hydrogen-bond donors (Lipinski definition) is 2. The molecule has 0 atom stereocenters. The number of nitrogen functional groups attached to an aromatic ring is 1. The number of esters is 1. The first-order chi connectivity index (χ1) is 9.74. The molecule has 0 radical (unpaired) electrons. The van der Waals surface area contributed by atoms with Crippen LogP contribution in [0.1, 0.15) is 23.7 Å². The van der Waals surface area contributed by atoms with Gasteiger partial charge in [0, 0.05) is 24.1 Å². The molecule has 0 aromatic heterocycles. The predicted octanol–water partition coefficient (Wildman–Crippen LogP) is 0.355. The van der Waals surface area contributed by atoms with Gasteiger partial charge in [0.25, 0.3) is 5.91 Å². The molecular formula is C13H18N2O5S. The fourth-order valence-corrected chi connectivity index (χ4v) is 2.27. The van der Waals surface area contributed by atoms with Crippen LogP contribution in [0.25, 0.3) is 0 Å². The van der Waals surface area contributed by atoms with Crippen LogP contribution in [0.4, 0.5) is 5.69 Å². The second-order valence-electron chi connectivity index (χ2n) is 4.37. The minimum Gasteiger partial charge on any atom is -0.466 e. The molecule has 0 aliphatic heterocycles. The molecule has 0 saturated carbocycles. The first-order valence-electron chi connectivity index (χ1n) is 6.28. The molecule has 21 heavy (non-hydrogen) atoms. The van der Waals surface area contributed by atoms with Crippen molar-refractivity contribution >= 4 is 27.4 Å². The summed E-state index contributed by atoms with van der Waals surface area (Å²) >= 11 is 0. The van der Waals surface area contributed by atoms with Gasteiger partial charge in [0.2, 0.25) is 0 Å². The van der Waals surface area contributed by atoms with Gasteiger partial charge in [-0.2, -0.15) is 0 Å². The number of ether oxygens (including phenoxy) is 1. The zero-order chi connectivity index (χ0) is 16.0. The Bertz CT molecular complexity index is 640. The largest absolute Gasteiger partial charge is 0.466 e. The third-order valence-electron chi connectivity index (χ3n) is 2.54. The van der Waals surface area contributed by atoms with E-state index in [4.69, 9.17) is 10.5 Å². The van der Waals surface area contributed by atoms with Crippen LogP contribution in [0, 0.1) is 0 Å². The molecule has 116 valence electrons. The lowest BCUT2D eigenvalue weighted by molar-refractivity contribution is -0.142. The van der Waals surface area contributed by atoms with Gasteiger partial charge in [-0.1, -0.05) is 0 Å². The summed E-state index contributed by atoms with van der Waals surface area (Å²) in [5.41, 5.74) is 5.89. The van der Waals surface area contributed by atoms with E-state index in [9.17, 15) is 18.0 Å². The van der Waals surface area contributed by atoms with Crippen molar-refractivity contribution in [1.82, 2.24) is 5.32 Å². The molecule has 0 fully saturated rings. The van der Waals surface area contributed by atoms with Gasteiger partial charge in [-0.15, -0.1) is 0 Å². The van der Waals surface area contributed by atoms with Crippen LogP contribution in [-0.4, -0.2) is 39.7 Å². The Hall–Kier alpha value is -2.09. The molecule has 3 N–H and O–H groups in total. The van der Waals surface area contributed by atoms with Gasteiger partial charge in [0.15, 0.2) is 9.84 Å². The van der Waals surface area contributed by atoms with Crippen molar-refractivity contribution in [2.75, 3.05) is 25.1 Å². The van der Waals surface area contributed by atoms with Crippen molar-refractivity contribution in [3.63, 3.8) is 0 Å². The number of carbonyl (C=O) groups excluding carboxylic acids is 2. The molecule has 8 heteroatoms. The maximum absolute atomic E-state index is 11.9. The third-order valence-corrected chi connectivity index (χ3v) is 3.63. The van der Waals surface area contributed by atoms with E-state index in [1.807, 2.05) is 0 Å². The van der Waals surface area contributed by atoms with Crippen molar-refractivity contribution in [3.05, 3.63) is 23.8 Å². The molecule has 0 aliphatic rings. The Kier molecular flexibility index (Phi) is 5.71. The third kappa shape index (κ3) is 5.42. The highest BCUT2D eigenvalue weighted by molar-refractivity contribution is 7.90. The van der Waals surface area contributed by atoms with Crippen molar-refractivity contribution in [3.8, 4) is 0 Å². The number of hydrogen-bond acceptors (Lipinski definition) is 6. The van der Waals surface area contributed by atoms with Gasteiger partial charge in [-0.25, -0.2) is 8.42 Å². The van der Waals surface area contributed by atoms with Crippen LogP contribution < -0.4 is 11.1 Å². The van der Waals surface area contributed by atoms with Crippen LogP contribution >= 0.6 is 0 Å². The first kappa shape index (κ1) is 17.0. The average molecular weight is 314 g/mol. The van der Waals surface area contributed by atoms with Gasteiger partial charge < -0.3 is 15.8 Å². The Morgan fingerprint density at radius 3 is 2.52 bits per heavy atom. The summed E-state index contributed by atoms with van der Waals surface area (Å²) in [6.07, 6.45) is 1.07. The highest BCUT2D eigenvalue weighted by atomic mass is 32.2. The number of benzene rings is 1. The maximum Gasteiger partial charge on any atom is 0.307 e. The average Bonchev–Trinajstić information content (AvgIpc) is 2.37. The van der Waals surface area contributed by atoms with Gasteiger partial charge in [0.05, 0.1) is 17.9 Å². The molecule has 0 spiro atoms. The number of carbonyl (C=O) groups is 2. The summed E-state index contributed by atoms with van der Waals surface area (Å²) in [5, 5.41) is 2.50. The second-order valence-corrected chi connectivity index (χ2v) is 6.39. The highest BCUT2D eigenvalue weighted by Crippen LogP contribution is 2.16. The van der Waals surface area contributed by atoms with Gasteiger partial charge in [0.1, 0.15) is 0 Å². The fourth-order valence-electron chi connectivity index (χ4n) is 1.58. The Balaban J connectivity index is 2.75. The van der Waals surface area contributed by atoms with Gasteiger partial charge in [-0.3, -0.25) is 9.59 Å². The number of amides is 1. The van der Waals surface area contributed by atoms with Gasteiger partial charge in [-0.05, 0) is 25.1 Å². The quantitative estimate of drug-likeness (QED) is 0.578. The van der Waals surface area contributed by atoms with Crippen LogP contribution in [0.3, 0.4) is 0 Å². The fraction of sp³-hybridized carbons (Fsp3) is 0.385. The minimum atomic E-state index is -3.46. The lowest BCUT2D eigenvalue weighted by Crippen LogP contribution is -2.26. The normalized spacial score (nSPS) is 11.0. The zero-order valence-corrected chi connectivity index (χ0v) is 12.7. The van der Waals surface area contributed by atoms with Crippen LogP contribution in [0.2, 0.25) is 0 Å².